The van der Waals surface area contributed by atoms with Crippen LogP contribution in [-0.4, -0.2) is 51.7 Å². The van der Waals surface area contributed by atoms with Crippen molar-refractivity contribution in [1.82, 2.24) is 14.7 Å². The van der Waals surface area contributed by atoms with Gasteiger partial charge in [-0.25, -0.2) is 9.07 Å². The Labute approximate surface area is 194 Å². The molecule has 0 saturated heterocycles. The van der Waals surface area contributed by atoms with Gasteiger partial charge in [0.05, 0.1) is 24.9 Å². The molecule has 2 aromatic carbocycles. The Kier molecular flexibility index (Phi) is 8.77. The fraction of sp³-hybridized carbons (Fsp3) is 0.346. The van der Waals surface area contributed by atoms with Crippen molar-refractivity contribution in [3.8, 4) is 22.9 Å². The van der Waals surface area contributed by atoms with Crippen molar-refractivity contribution in [2.75, 3.05) is 19.8 Å². The molecule has 0 spiro atoms. The third-order valence-electron chi connectivity index (χ3n) is 5.23. The lowest BCUT2D eigenvalue weighted by Crippen LogP contribution is -2.39. The minimum absolute atomic E-state index is 0.143. The van der Waals surface area contributed by atoms with Gasteiger partial charge in [0.25, 0.3) is 0 Å². The maximum atomic E-state index is 13.8. The van der Waals surface area contributed by atoms with E-state index in [0.29, 0.717) is 31.3 Å². The monoisotopic (exact) mass is 453 g/mol. The summed E-state index contributed by atoms with van der Waals surface area (Å²) in [4.78, 5) is 2.14. The first-order valence-electron chi connectivity index (χ1n) is 11.0. The van der Waals surface area contributed by atoms with Crippen LogP contribution in [0.4, 0.5) is 4.39 Å². The number of ether oxygens (including phenoxy) is 2. The zero-order valence-corrected chi connectivity index (χ0v) is 19.4. The van der Waals surface area contributed by atoms with Crippen molar-refractivity contribution < 1.29 is 19.0 Å². The number of hydrogen-bond donors (Lipinski definition) is 1. The first kappa shape index (κ1) is 24.6. The quantitative estimate of drug-likeness (QED) is 0.316. The van der Waals surface area contributed by atoms with Crippen molar-refractivity contribution in [2.24, 2.45) is 7.05 Å². The number of halogens is 1. The van der Waals surface area contributed by atoms with Crippen LogP contribution in [0.15, 0.2) is 67.3 Å². The third-order valence-corrected chi connectivity index (χ3v) is 5.23. The molecule has 0 bridgehead atoms. The van der Waals surface area contributed by atoms with Crippen LogP contribution in [0.2, 0.25) is 0 Å². The largest absolute Gasteiger partial charge is 0.439 e. The predicted molar refractivity (Wildman–Crippen MR) is 128 cm³/mol. The number of rotatable bonds is 12. The van der Waals surface area contributed by atoms with Gasteiger partial charge in [0.1, 0.15) is 17.3 Å². The van der Waals surface area contributed by atoms with E-state index in [-0.39, 0.29) is 18.5 Å². The van der Waals surface area contributed by atoms with E-state index >= 15 is 0 Å². The normalized spacial score (nSPS) is 12.3. The summed E-state index contributed by atoms with van der Waals surface area (Å²) in [5.41, 5.74) is 2.60. The lowest BCUT2D eigenvalue weighted by molar-refractivity contribution is 0.0177. The summed E-state index contributed by atoms with van der Waals surface area (Å²) in [6.45, 7) is 9.29. The van der Waals surface area contributed by atoms with Crippen LogP contribution < -0.4 is 4.74 Å². The van der Waals surface area contributed by atoms with Crippen LogP contribution in [0, 0.1) is 5.82 Å². The minimum atomic E-state index is -0.656. The van der Waals surface area contributed by atoms with Gasteiger partial charge in [0.15, 0.2) is 0 Å². The molecule has 0 radical (unpaired) electrons. The van der Waals surface area contributed by atoms with Gasteiger partial charge >= 0.3 is 0 Å². The third kappa shape index (κ3) is 6.74. The maximum absolute atomic E-state index is 13.8. The molecule has 0 saturated carbocycles. The first-order chi connectivity index (χ1) is 15.9. The number of hydrogen-bond acceptors (Lipinski definition) is 5. The van der Waals surface area contributed by atoms with Gasteiger partial charge in [-0.05, 0) is 26.0 Å². The lowest BCUT2D eigenvalue weighted by atomic mass is 10.1. The van der Waals surface area contributed by atoms with Crippen LogP contribution in [0.3, 0.4) is 0 Å². The highest BCUT2D eigenvalue weighted by Gasteiger charge is 2.24. The Morgan fingerprint density at radius 1 is 1.18 bits per heavy atom. The number of benzene rings is 2. The molecule has 3 aromatic rings. The first-order valence-corrected chi connectivity index (χ1v) is 11.0. The van der Waals surface area contributed by atoms with Crippen LogP contribution in [-0.2, 0) is 18.3 Å². The molecule has 176 valence electrons. The fourth-order valence-corrected chi connectivity index (χ4v) is 3.56. The van der Waals surface area contributed by atoms with Crippen LogP contribution >= 0.6 is 0 Å². The molecule has 33 heavy (non-hydrogen) atoms. The molecule has 1 unspecified atom stereocenters. The van der Waals surface area contributed by atoms with Gasteiger partial charge < -0.3 is 14.6 Å². The molecule has 1 N–H and O–H groups in total. The van der Waals surface area contributed by atoms with Crippen molar-refractivity contribution in [3.63, 3.8) is 0 Å². The van der Waals surface area contributed by atoms with Gasteiger partial charge in [-0.3, -0.25) is 4.90 Å². The summed E-state index contributed by atoms with van der Waals surface area (Å²) in [6.07, 6.45) is 1.00. The molecule has 0 amide bonds. The molecule has 1 atom stereocenters. The SMILES string of the molecule is C=CCOCC(O)CN(Cc1c(-c2ccccc2)nn(C)c1Oc1cccc(F)c1)C(C)C. The second-order valence-corrected chi connectivity index (χ2v) is 8.18. The minimum Gasteiger partial charge on any atom is -0.439 e. The molecule has 0 aliphatic rings. The number of nitrogens with zero attached hydrogens (tertiary/aromatic N) is 3. The second-order valence-electron chi connectivity index (χ2n) is 8.18. The molecular weight excluding hydrogens is 421 g/mol. The van der Waals surface area contributed by atoms with Gasteiger partial charge in [-0.1, -0.05) is 42.5 Å². The average molecular weight is 454 g/mol. The van der Waals surface area contributed by atoms with Crippen LogP contribution in [0.5, 0.6) is 11.6 Å². The van der Waals surface area contributed by atoms with E-state index in [1.165, 1.54) is 12.1 Å². The molecule has 0 fully saturated rings. The highest BCUT2D eigenvalue weighted by atomic mass is 19.1. The maximum Gasteiger partial charge on any atom is 0.222 e. The number of aliphatic hydroxyl groups excluding tert-OH is 1. The molecule has 1 heterocycles. The van der Waals surface area contributed by atoms with Crippen molar-refractivity contribution in [2.45, 2.75) is 32.5 Å². The lowest BCUT2D eigenvalue weighted by Gasteiger charge is -2.29. The molecule has 6 nitrogen and oxygen atoms in total. The summed E-state index contributed by atoms with van der Waals surface area (Å²) in [7, 11) is 1.81. The summed E-state index contributed by atoms with van der Waals surface area (Å²) >= 11 is 0. The zero-order chi connectivity index (χ0) is 23.8. The van der Waals surface area contributed by atoms with Crippen LogP contribution in [0.25, 0.3) is 11.3 Å². The Morgan fingerprint density at radius 3 is 2.61 bits per heavy atom. The summed E-state index contributed by atoms with van der Waals surface area (Å²) in [5, 5.41) is 15.2. The standard InChI is InChI=1S/C26H32FN3O3/c1-5-14-32-18-22(31)16-30(19(2)3)17-24-25(20-10-7-6-8-11-20)28-29(4)26(24)33-23-13-9-12-21(27)15-23/h5-13,15,19,22,31H,1,14,16-18H2,2-4H3. The smallest absolute Gasteiger partial charge is 0.222 e. The van der Waals surface area contributed by atoms with Gasteiger partial charge in [-0.2, -0.15) is 5.10 Å². The molecule has 3 rings (SSSR count). The molecule has 0 aliphatic heterocycles. The van der Waals surface area contributed by atoms with E-state index in [1.807, 2.05) is 37.4 Å². The number of aliphatic hydroxyl groups is 1. The predicted octanol–water partition coefficient (Wildman–Crippen LogP) is 4.79. The van der Waals surface area contributed by atoms with E-state index < -0.39 is 6.10 Å². The Hall–Kier alpha value is -3.00. The highest BCUT2D eigenvalue weighted by molar-refractivity contribution is 5.65. The van der Waals surface area contributed by atoms with Crippen LogP contribution in [0.1, 0.15) is 19.4 Å². The van der Waals surface area contributed by atoms with Gasteiger partial charge in [0.2, 0.25) is 5.88 Å². The summed E-state index contributed by atoms with van der Waals surface area (Å²) in [6, 6.07) is 16.1. The van der Waals surface area contributed by atoms with E-state index in [4.69, 9.17) is 14.6 Å². The Balaban J connectivity index is 1.95. The van der Waals surface area contributed by atoms with Crippen molar-refractivity contribution in [1.29, 1.82) is 0 Å². The van der Waals surface area contributed by atoms with E-state index in [0.717, 1.165) is 16.8 Å². The Morgan fingerprint density at radius 2 is 1.94 bits per heavy atom. The average Bonchev–Trinajstić information content (AvgIpc) is 3.09. The van der Waals surface area contributed by atoms with Crippen molar-refractivity contribution >= 4 is 0 Å². The Bertz CT molecular complexity index is 1040. The van der Waals surface area contributed by atoms with E-state index in [2.05, 4.69) is 25.3 Å². The highest BCUT2D eigenvalue weighted by Crippen LogP contribution is 2.34. The number of aryl methyl sites for hydroxylation is 1. The fourth-order valence-electron chi connectivity index (χ4n) is 3.56. The summed E-state index contributed by atoms with van der Waals surface area (Å²) < 4.78 is 27.0. The molecule has 0 aliphatic carbocycles. The molecule has 7 heteroatoms. The van der Waals surface area contributed by atoms with E-state index in [1.54, 1.807) is 22.9 Å². The van der Waals surface area contributed by atoms with Gasteiger partial charge in [0, 0.05) is 37.8 Å². The van der Waals surface area contributed by atoms with Gasteiger partial charge in [-0.15, -0.1) is 6.58 Å². The zero-order valence-electron chi connectivity index (χ0n) is 19.4. The molecule has 1 aromatic heterocycles. The summed E-state index contributed by atoms with van der Waals surface area (Å²) in [5.74, 6) is 0.557. The number of aromatic nitrogens is 2. The second kappa shape index (κ2) is 11.7. The topological polar surface area (TPSA) is 59.8 Å². The van der Waals surface area contributed by atoms with Crippen molar-refractivity contribution in [3.05, 3.63) is 78.6 Å². The molecular formula is C26H32FN3O3. The van der Waals surface area contributed by atoms with E-state index in [9.17, 15) is 9.50 Å².